The molecule has 0 fully saturated rings. The van der Waals surface area contributed by atoms with Crippen molar-refractivity contribution in [3.05, 3.63) is 39.4 Å². The molecular formula is C13H20N2O3S. The predicted octanol–water partition coefficient (Wildman–Crippen LogP) is 2.11. The van der Waals surface area contributed by atoms with Gasteiger partial charge in [-0.2, -0.15) is 11.8 Å². The molecule has 1 rings (SSSR count). The fourth-order valence-corrected chi connectivity index (χ4v) is 2.52. The van der Waals surface area contributed by atoms with Crippen LogP contribution in [0, 0.1) is 17.0 Å². The molecule has 1 aromatic rings. The van der Waals surface area contributed by atoms with Crippen molar-refractivity contribution >= 4 is 17.4 Å². The molecule has 0 amide bonds. The van der Waals surface area contributed by atoms with Crippen molar-refractivity contribution in [1.82, 2.24) is 5.32 Å². The summed E-state index contributed by atoms with van der Waals surface area (Å²) in [4.78, 5) is 10.5. The molecule has 19 heavy (non-hydrogen) atoms. The van der Waals surface area contributed by atoms with E-state index in [2.05, 4.69) is 5.32 Å². The van der Waals surface area contributed by atoms with Gasteiger partial charge in [-0.05, 0) is 25.7 Å². The average molecular weight is 284 g/mol. The van der Waals surface area contributed by atoms with Crippen molar-refractivity contribution in [3.8, 4) is 0 Å². The summed E-state index contributed by atoms with van der Waals surface area (Å²) in [6.45, 7) is 4.45. The Balaban J connectivity index is 2.59. The van der Waals surface area contributed by atoms with Gasteiger partial charge in [0.25, 0.3) is 5.69 Å². The van der Waals surface area contributed by atoms with Gasteiger partial charge in [0.15, 0.2) is 0 Å². The smallest absolute Gasteiger partial charge is 0.272 e. The fraction of sp³-hybridized carbons (Fsp3) is 0.538. The van der Waals surface area contributed by atoms with Crippen LogP contribution >= 0.6 is 11.8 Å². The summed E-state index contributed by atoms with van der Waals surface area (Å²) in [6, 6.07) is 5.18. The number of thioether (sulfide) groups is 1. The van der Waals surface area contributed by atoms with E-state index in [1.165, 1.54) is 0 Å². The van der Waals surface area contributed by atoms with Crippen molar-refractivity contribution in [2.24, 2.45) is 0 Å². The third-order valence-electron chi connectivity index (χ3n) is 2.76. The zero-order valence-electron chi connectivity index (χ0n) is 11.5. The Morgan fingerprint density at radius 2 is 2.21 bits per heavy atom. The highest BCUT2D eigenvalue weighted by molar-refractivity contribution is 7.98. The summed E-state index contributed by atoms with van der Waals surface area (Å²) in [6.07, 6.45) is 1.94. The summed E-state index contributed by atoms with van der Waals surface area (Å²) in [5.74, 6) is 0.647. The van der Waals surface area contributed by atoms with Crippen LogP contribution in [-0.4, -0.2) is 34.2 Å². The quantitative estimate of drug-likeness (QED) is 0.592. The molecule has 0 aliphatic heterocycles. The molecule has 6 heteroatoms. The maximum Gasteiger partial charge on any atom is 0.272 e. The number of benzene rings is 1. The van der Waals surface area contributed by atoms with Crippen LogP contribution in [0.4, 0.5) is 5.69 Å². The van der Waals surface area contributed by atoms with E-state index in [0.717, 1.165) is 5.56 Å². The van der Waals surface area contributed by atoms with E-state index in [0.29, 0.717) is 24.4 Å². The molecule has 1 aromatic carbocycles. The first-order chi connectivity index (χ1) is 8.85. The Morgan fingerprint density at radius 3 is 2.79 bits per heavy atom. The number of aryl methyl sites for hydroxylation is 1. The van der Waals surface area contributed by atoms with Crippen LogP contribution in [0.2, 0.25) is 0 Å². The average Bonchev–Trinajstić information content (AvgIpc) is 2.30. The van der Waals surface area contributed by atoms with Gasteiger partial charge >= 0.3 is 0 Å². The second-order valence-electron chi connectivity index (χ2n) is 4.91. The molecular weight excluding hydrogens is 264 g/mol. The number of aliphatic hydroxyl groups is 1. The zero-order chi connectivity index (χ0) is 14.5. The van der Waals surface area contributed by atoms with Gasteiger partial charge in [-0.15, -0.1) is 0 Å². The topological polar surface area (TPSA) is 75.4 Å². The van der Waals surface area contributed by atoms with Gasteiger partial charge in [-0.3, -0.25) is 10.1 Å². The number of nitrogens with one attached hydrogen (secondary N) is 1. The monoisotopic (exact) mass is 284 g/mol. The van der Waals surface area contributed by atoms with Gasteiger partial charge < -0.3 is 10.4 Å². The van der Waals surface area contributed by atoms with Crippen LogP contribution < -0.4 is 5.32 Å². The molecule has 1 unspecified atom stereocenters. The minimum absolute atomic E-state index is 0.134. The van der Waals surface area contributed by atoms with Gasteiger partial charge in [-0.1, -0.05) is 12.1 Å². The molecule has 0 aliphatic rings. The first kappa shape index (κ1) is 15.9. The van der Waals surface area contributed by atoms with E-state index in [1.54, 1.807) is 37.7 Å². The van der Waals surface area contributed by atoms with E-state index in [1.807, 2.05) is 12.3 Å². The lowest BCUT2D eigenvalue weighted by Crippen LogP contribution is -2.39. The lowest BCUT2D eigenvalue weighted by molar-refractivity contribution is -0.385. The normalized spacial score (nSPS) is 14.1. The number of hydrogen-bond acceptors (Lipinski definition) is 5. The zero-order valence-corrected chi connectivity index (χ0v) is 12.3. The Bertz CT molecular complexity index is 450. The molecule has 0 saturated heterocycles. The van der Waals surface area contributed by atoms with Crippen molar-refractivity contribution in [2.75, 3.05) is 18.6 Å². The van der Waals surface area contributed by atoms with Crippen LogP contribution in [0.25, 0.3) is 0 Å². The summed E-state index contributed by atoms with van der Waals surface area (Å²) in [5.41, 5.74) is 0.867. The van der Waals surface area contributed by atoms with Gasteiger partial charge in [0.2, 0.25) is 0 Å². The van der Waals surface area contributed by atoms with E-state index in [-0.39, 0.29) is 10.6 Å². The van der Waals surface area contributed by atoms with Crippen LogP contribution in [0.5, 0.6) is 0 Å². The van der Waals surface area contributed by atoms with Gasteiger partial charge in [-0.25, -0.2) is 0 Å². The molecule has 0 spiro atoms. The SMILES string of the molecule is CSCC(C)(O)CNCc1ccc(C)c([N+](=O)[O-])c1. The largest absolute Gasteiger partial charge is 0.388 e. The highest BCUT2D eigenvalue weighted by Crippen LogP contribution is 2.19. The van der Waals surface area contributed by atoms with Crippen molar-refractivity contribution in [1.29, 1.82) is 0 Å². The first-order valence-corrected chi connectivity index (χ1v) is 7.41. The Kier molecular flexibility index (Phi) is 5.78. The molecule has 0 radical (unpaired) electrons. The number of nitro groups is 1. The Morgan fingerprint density at radius 1 is 1.53 bits per heavy atom. The van der Waals surface area contributed by atoms with Crippen LogP contribution in [0.3, 0.4) is 0 Å². The number of hydrogen-bond donors (Lipinski definition) is 2. The second-order valence-corrected chi connectivity index (χ2v) is 5.78. The van der Waals surface area contributed by atoms with Gasteiger partial charge in [0.1, 0.15) is 0 Å². The summed E-state index contributed by atoms with van der Waals surface area (Å²) >= 11 is 1.58. The molecule has 0 saturated carbocycles. The molecule has 0 aromatic heterocycles. The fourth-order valence-electron chi connectivity index (χ4n) is 1.80. The maximum absolute atomic E-state index is 10.8. The molecule has 0 bridgehead atoms. The molecule has 5 nitrogen and oxygen atoms in total. The number of rotatable bonds is 7. The van der Waals surface area contributed by atoms with E-state index < -0.39 is 5.60 Å². The maximum atomic E-state index is 10.8. The highest BCUT2D eigenvalue weighted by atomic mass is 32.2. The van der Waals surface area contributed by atoms with Crippen LogP contribution in [0.1, 0.15) is 18.1 Å². The molecule has 2 N–H and O–H groups in total. The molecule has 1 atom stereocenters. The first-order valence-electron chi connectivity index (χ1n) is 6.02. The Labute approximate surface area is 117 Å². The number of nitro benzene ring substituents is 1. The minimum atomic E-state index is -0.768. The standard InChI is InChI=1S/C13H20N2O3S/c1-10-4-5-11(6-12(10)15(17)18)7-14-8-13(2,16)9-19-3/h4-6,14,16H,7-9H2,1-3H3. The highest BCUT2D eigenvalue weighted by Gasteiger charge is 2.19. The van der Waals surface area contributed by atoms with E-state index in [9.17, 15) is 15.2 Å². The summed E-state index contributed by atoms with van der Waals surface area (Å²) in [5, 5.41) is 23.9. The van der Waals surface area contributed by atoms with Gasteiger partial charge in [0.05, 0.1) is 10.5 Å². The van der Waals surface area contributed by atoms with Crippen molar-refractivity contribution in [3.63, 3.8) is 0 Å². The van der Waals surface area contributed by atoms with Gasteiger partial charge in [0, 0.05) is 30.5 Å². The van der Waals surface area contributed by atoms with Crippen LogP contribution in [0.15, 0.2) is 18.2 Å². The van der Waals surface area contributed by atoms with Crippen LogP contribution in [-0.2, 0) is 6.54 Å². The van der Waals surface area contributed by atoms with E-state index >= 15 is 0 Å². The lowest BCUT2D eigenvalue weighted by Gasteiger charge is -2.22. The summed E-state index contributed by atoms with van der Waals surface area (Å²) in [7, 11) is 0. The van der Waals surface area contributed by atoms with E-state index in [4.69, 9.17) is 0 Å². The minimum Gasteiger partial charge on any atom is -0.388 e. The second kappa shape index (κ2) is 6.88. The summed E-state index contributed by atoms with van der Waals surface area (Å²) < 4.78 is 0. The molecule has 0 heterocycles. The molecule has 106 valence electrons. The van der Waals surface area contributed by atoms with Crippen molar-refractivity contribution < 1.29 is 10.0 Å². The third kappa shape index (κ3) is 5.18. The predicted molar refractivity (Wildman–Crippen MR) is 78.5 cm³/mol. The molecule has 0 aliphatic carbocycles. The number of nitrogens with zero attached hydrogens (tertiary/aromatic N) is 1. The Hall–Kier alpha value is -1.11. The van der Waals surface area contributed by atoms with Crippen molar-refractivity contribution in [2.45, 2.75) is 26.0 Å². The third-order valence-corrected chi connectivity index (χ3v) is 3.67. The lowest BCUT2D eigenvalue weighted by atomic mass is 10.1.